The summed E-state index contributed by atoms with van der Waals surface area (Å²) in [5.74, 6) is -5.43. The Bertz CT molecular complexity index is 3500. The lowest BCUT2D eigenvalue weighted by atomic mass is 9.37. The van der Waals surface area contributed by atoms with Crippen LogP contribution in [0.5, 0.6) is 11.5 Å². The van der Waals surface area contributed by atoms with Crippen molar-refractivity contribution in [2.75, 3.05) is 18.7 Å². The van der Waals surface area contributed by atoms with Crippen LogP contribution in [-0.4, -0.2) is 149 Å². The second-order valence-electron chi connectivity index (χ2n) is 22.5. The van der Waals surface area contributed by atoms with Crippen molar-refractivity contribution in [3.05, 3.63) is 92.3 Å². The third-order valence-electron chi connectivity index (χ3n) is 16.8. The number of carbonyl (C=O) groups is 8. The predicted molar refractivity (Wildman–Crippen MR) is 280 cm³/mol. The van der Waals surface area contributed by atoms with E-state index in [9.17, 15) is 68.7 Å². The molecule has 2 aromatic carbocycles. The molecule has 2 aromatic heterocycles. The lowest BCUT2D eigenvalue weighted by Crippen LogP contribution is -2.77. The molecule has 12 rings (SSSR count). The number of aliphatic hydroxyl groups excluding tert-OH is 3. The van der Waals surface area contributed by atoms with Gasteiger partial charge in [-0.1, -0.05) is 26.8 Å². The van der Waals surface area contributed by atoms with Gasteiger partial charge in [-0.25, -0.2) is 19.4 Å². The smallest absolute Gasteiger partial charge is 0.407 e. The number of rotatable bonds is 17. The summed E-state index contributed by atoms with van der Waals surface area (Å²) in [6, 6.07) is 7.58. The molecule has 0 radical (unpaired) electrons. The Morgan fingerprint density at radius 3 is 2.24 bits per heavy atom. The number of benzene rings is 2. The van der Waals surface area contributed by atoms with Crippen LogP contribution in [0.25, 0.3) is 22.3 Å². The lowest BCUT2D eigenvalue weighted by molar-refractivity contribution is -0.228. The maximum atomic E-state index is 14.2. The number of aryl methyl sites for hydroxylation is 1. The zero-order chi connectivity index (χ0) is 58.5. The van der Waals surface area contributed by atoms with E-state index in [-0.39, 0.29) is 62.6 Å². The van der Waals surface area contributed by atoms with E-state index in [2.05, 4.69) is 21.3 Å². The van der Waals surface area contributed by atoms with Crippen LogP contribution in [0.3, 0.4) is 0 Å². The molecular weight excluding hydrogens is 1070 g/mol. The first kappa shape index (κ1) is 55.6. The Morgan fingerprint density at radius 2 is 1.56 bits per heavy atom. The van der Waals surface area contributed by atoms with Crippen molar-refractivity contribution in [2.24, 2.45) is 5.92 Å². The van der Waals surface area contributed by atoms with Crippen molar-refractivity contribution in [3.8, 4) is 22.9 Å². The Hall–Kier alpha value is -8.30. The maximum Gasteiger partial charge on any atom is 0.407 e. The first-order chi connectivity index (χ1) is 38.9. The fraction of sp³-hybridized carbons (Fsp3) is 0.464. The minimum absolute atomic E-state index is 0.00528. The molecule has 6 amide bonds. The molecule has 0 unspecified atom stereocenters. The molecule has 8 atom stereocenters. The van der Waals surface area contributed by atoms with Gasteiger partial charge in [0.1, 0.15) is 50.2 Å². The number of nitrogens with one attached hydrogen (secondary N) is 4. The molecule has 9 N–H and O–H groups in total. The van der Waals surface area contributed by atoms with Crippen LogP contribution >= 0.6 is 0 Å². The van der Waals surface area contributed by atoms with Crippen LogP contribution in [0, 0.1) is 5.92 Å². The van der Waals surface area contributed by atoms with Crippen LogP contribution in [0.4, 0.5) is 10.5 Å². The van der Waals surface area contributed by atoms with Gasteiger partial charge in [-0.15, -0.1) is 0 Å². The molecule has 26 nitrogen and oxygen atoms in total. The van der Waals surface area contributed by atoms with Crippen molar-refractivity contribution in [3.63, 3.8) is 0 Å². The number of anilines is 1. The van der Waals surface area contributed by atoms with E-state index >= 15 is 0 Å². The van der Waals surface area contributed by atoms with E-state index in [0.717, 1.165) is 28.7 Å². The van der Waals surface area contributed by atoms with Crippen molar-refractivity contribution < 1.29 is 87.6 Å². The normalized spacial score (nSPS) is 26.9. The molecule has 82 heavy (non-hydrogen) atoms. The summed E-state index contributed by atoms with van der Waals surface area (Å²) in [6.45, 7) is 5.27. The van der Waals surface area contributed by atoms with Gasteiger partial charge in [-0.2, -0.15) is 0 Å². The summed E-state index contributed by atoms with van der Waals surface area (Å²) >= 11 is 0. The number of carbonyl (C=O) groups excluding carboxylic acids is 7. The van der Waals surface area contributed by atoms with Gasteiger partial charge in [0.15, 0.2) is 23.2 Å². The second kappa shape index (κ2) is 20.6. The zero-order valence-corrected chi connectivity index (χ0v) is 44.8. The number of hydrogen-bond donors (Lipinski definition) is 9. The number of ether oxygens (including phenoxy) is 5. The molecule has 4 fully saturated rings. The minimum Gasteiger partial charge on any atom is -0.479 e. The first-order valence-corrected chi connectivity index (χ1v) is 26.8. The van der Waals surface area contributed by atoms with Crippen molar-refractivity contribution in [1.82, 2.24) is 30.4 Å². The second-order valence-corrected chi connectivity index (χ2v) is 22.5. The van der Waals surface area contributed by atoms with Crippen molar-refractivity contribution in [2.45, 2.75) is 145 Å². The van der Waals surface area contributed by atoms with E-state index in [1.165, 1.54) is 13.0 Å². The number of aromatic nitrogens is 2. The third-order valence-corrected chi connectivity index (χ3v) is 16.8. The number of pyridine rings is 2. The molecule has 432 valence electrons. The topological polar surface area (TPSA) is 370 Å². The summed E-state index contributed by atoms with van der Waals surface area (Å²) < 4.78 is 29.7. The number of cyclic esters (lactones) is 1. The van der Waals surface area contributed by atoms with Gasteiger partial charge in [0, 0.05) is 51.4 Å². The van der Waals surface area contributed by atoms with Gasteiger partial charge < -0.3 is 75.1 Å². The van der Waals surface area contributed by atoms with Crippen molar-refractivity contribution in [1.29, 1.82) is 0 Å². The molecule has 8 aliphatic rings. The molecule has 26 heteroatoms. The van der Waals surface area contributed by atoms with E-state index in [1.54, 1.807) is 49.6 Å². The average molecular weight is 1130 g/mol. The number of nitrogens with zero attached hydrogens (tertiary/aromatic N) is 3. The van der Waals surface area contributed by atoms with Gasteiger partial charge in [0.25, 0.3) is 17.4 Å². The molecular formula is C56H59N7O19. The summed E-state index contributed by atoms with van der Waals surface area (Å²) in [7, 11) is 0. The number of amides is 6. The maximum absolute atomic E-state index is 14.2. The molecule has 0 spiro atoms. The van der Waals surface area contributed by atoms with Gasteiger partial charge >= 0.3 is 18.0 Å². The van der Waals surface area contributed by atoms with E-state index in [0.29, 0.717) is 63.7 Å². The van der Waals surface area contributed by atoms with Gasteiger partial charge in [0.2, 0.25) is 24.5 Å². The molecule has 3 aliphatic carbocycles. The van der Waals surface area contributed by atoms with Crippen LogP contribution in [0.2, 0.25) is 0 Å². The number of aliphatic hydroxyl groups is 4. The molecule has 4 aromatic rings. The summed E-state index contributed by atoms with van der Waals surface area (Å²) in [5, 5.41) is 64.5. The highest BCUT2D eigenvalue weighted by Crippen LogP contribution is 2.70. The van der Waals surface area contributed by atoms with E-state index < -0.39 is 125 Å². The highest BCUT2D eigenvalue weighted by atomic mass is 16.7. The number of hydrogen-bond acceptors (Lipinski definition) is 19. The monoisotopic (exact) mass is 1130 g/mol. The average Bonchev–Trinajstić information content (AvgIpc) is 0.945. The number of esters is 1. The fourth-order valence-corrected chi connectivity index (χ4v) is 12.5. The van der Waals surface area contributed by atoms with E-state index in [1.807, 2.05) is 6.07 Å². The summed E-state index contributed by atoms with van der Waals surface area (Å²) in [4.78, 5) is 122. The number of fused-ring (bicyclic) bond motifs is 6. The molecule has 1 saturated heterocycles. The quantitative estimate of drug-likeness (QED) is 0.0446. The number of aliphatic carboxylic acids is 1. The number of carboxylic acids is 1. The highest BCUT2D eigenvalue weighted by molar-refractivity contribution is 6.14. The molecule has 2 bridgehead atoms. The zero-order valence-electron chi connectivity index (χ0n) is 44.8. The third kappa shape index (κ3) is 9.45. The largest absolute Gasteiger partial charge is 0.479 e. The predicted octanol–water partition coefficient (Wildman–Crippen LogP) is 0.285. The lowest BCUT2D eigenvalue weighted by Gasteiger charge is -2.71. The van der Waals surface area contributed by atoms with Gasteiger partial charge in [-0.3, -0.25) is 33.7 Å². The fourth-order valence-electron chi connectivity index (χ4n) is 12.5. The summed E-state index contributed by atoms with van der Waals surface area (Å²) in [5.41, 5.74) is 1.07. The van der Waals surface area contributed by atoms with Crippen LogP contribution in [0.15, 0.2) is 53.3 Å². The first-order valence-electron chi connectivity index (χ1n) is 26.8. The van der Waals surface area contributed by atoms with Gasteiger partial charge in [0.05, 0.1) is 35.1 Å². The summed E-state index contributed by atoms with van der Waals surface area (Å²) in [6.07, 6.45) is -5.99. The Balaban J connectivity index is 0.791. The number of alkyl carbamates (subject to hydrolysis) is 1. The Labute approximate surface area is 465 Å². The van der Waals surface area contributed by atoms with Crippen molar-refractivity contribution >= 4 is 64.2 Å². The van der Waals surface area contributed by atoms with Crippen LogP contribution in [-0.2, 0) is 85.0 Å². The van der Waals surface area contributed by atoms with E-state index in [4.69, 9.17) is 28.7 Å². The molecule has 7 heterocycles. The highest BCUT2D eigenvalue weighted by Gasteiger charge is 2.70. The number of carboxylic acid groups (broad SMARTS) is 1. The number of imide groups is 1. The molecule has 5 aliphatic heterocycles. The Kier molecular flexibility index (Phi) is 14.0. The molecule has 3 saturated carbocycles. The minimum atomic E-state index is -2.02. The SMILES string of the molecule is CC[C@@]1(O)C(=O)OCc2c1cc1n(c2=O)Cc2c-1nc1cc3c(cc1c2C12CC(NC(=O)OCc4ccc(NC(=O)[C@H](C)NC(=O)[C@@H](NC(=O)CN5C(=O)C=CC5=O)C(C)C)cc4CC[C@@H]4O[C@H](C(=O)O)[C@@H](O)[C@H](O)[C@H]4O)(C1)C2)OCO3. The standard InChI is InChI=1S/C56H59N7O19/c1-5-56(77)32-14-34-43-30(16-62(34)50(72)31(32)19-78-52(56)75)41(29-13-36-37(81-23-80-36)15-33(29)59-43)54-20-55(21-54,22-54)61-53(76)79-18-27-6-8-28(12-26(27)7-9-35-44(67)45(68)46(69)47(82-35)51(73)74)58-48(70)25(4)57-49(71)42(24(2)3)60-38(64)17-63-39(65)10-11-40(63)66/h6,8,10-15,24-25,35,42,44-47,67-69,77H,5,7,9,16-23H2,1-4H3,(H,57,71)(H,58,70)(H,60,64)(H,61,76)(H,73,74)/t25-,35-,42-,44-,45+,46-,47-,54?,55?,56-/m0/s1. The van der Waals surface area contributed by atoms with Crippen LogP contribution in [0.1, 0.15) is 93.2 Å². The van der Waals surface area contributed by atoms with Crippen LogP contribution < -0.4 is 36.3 Å². The van der Waals surface area contributed by atoms with Gasteiger partial charge in [-0.05, 0) is 92.3 Å². The Morgan fingerprint density at radius 1 is 0.854 bits per heavy atom.